The molecule has 2 aromatic carbocycles. The molecule has 1 saturated heterocycles. The molecule has 0 spiro atoms. The number of nitrogens with one attached hydrogen (secondary N) is 2. The lowest BCUT2D eigenvalue weighted by Gasteiger charge is -2.33. The Morgan fingerprint density at radius 2 is 1.79 bits per heavy atom. The van der Waals surface area contributed by atoms with Crippen LogP contribution in [-0.2, 0) is 51.5 Å². The van der Waals surface area contributed by atoms with Crippen molar-refractivity contribution in [3.05, 3.63) is 65.5 Å². The number of carbonyl (C=O) groups excluding carboxylic acids is 3. The van der Waals surface area contributed by atoms with Gasteiger partial charge in [0.2, 0.25) is 5.91 Å². The van der Waals surface area contributed by atoms with E-state index in [0.717, 1.165) is 53.6 Å². The summed E-state index contributed by atoms with van der Waals surface area (Å²) in [5.41, 5.74) is 8.29. The first-order chi connectivity index (χ1) is 27.1. The van der Waals surface area contributed by atoms with Gasteiger partial charge in [0.15, 0.2) is 0 Å². The van der Waals surface area contributed by atoms with Crippen LogP contribution in [0, 0.1) is 11.3 Å². The Bertz CT molecular complexity index is 2050. The number of rotatable bonds is 15. The summed E-state index contributed by atoms with van der Waals surface area (Å²) in [7, 11) is 3.70. The molecule has 0 saturated carbocycles. The zero-order valence-electron chi connectivity index (χ0n) is 33.9. The molecular weight excluding hydrogens is 736 g/mol. The van der Waals surface area contributed by atoms with Crippen molar-refractivity contribution in [1.82, 2.24) is 35.0 Å². The van der Waals surface area contributed by atoms with E-state index in [1.165, 1.54) is 4.57 Å². The highest BCUT2D eigenvalue weighted by Crippen LogP contribution is 2.43. The monoisotopic (exact) mass is 791 g/mol. The average molecular weight is 792 g/mol. The number of hydrogen-bond acceptors (Lipinski definition) is 7. The average Bonchev–Trinajstić information content (AvgIpc) is 3.70. The van der Waals surface area contributed by atoms with Gasteiger partial charge in [-0.2, -0.15) is 18.3 Å². The fourth-order valence-corrected chi connectivity index (χ4v) is 8.61. The predicted octanol–water partition coefficient (Wildman–Crippen LogP) is 6.55. The highest BCUT2D eigenvalue weighted by Gasteiger charge is 2.36. The largest absolute Gasteiger partial charge is 0.467 e. The quantitative estimate of drug-likeness (QED) is 0.131. The Morgan fingerprint density at radius 3 is 2.47 bits per heavy atom. The van der Waals surface area contributed by atoms with Crippen molar-refractivity contribution in [2.24, 2.45) is 11.3 Å². The van der Waals surface area contributed by atoms with Crippen molar-refractivity contribution in [3.63, 3.8) is 0 Å². The van der Waals surface area contributed by atoms with E-state index in [0.29, 0.717) is 61.1 Å². The fraction of sp³-hybridized carbons (Fsp3) is 0.535. The Balaban J connectivity index is 1.44. The van der Waals surface area contributed by atoms with E-state index in [-0.39, 0.29) is 30.8 Å². The number of benzene rings is 2. The van der Waals surface area contributed by atoms with E-state index in [9.17, 15) is 27.6 Å². The van der Waals surface area contributed by atoms with Gasteiger partial charge in [0.1, 0.15) is 12.6 Å². The van der Waals surface area contributed by atoms with Crippen LogP contribution in [-0.4, -0.2) is 94.6 Å². The number of alkyl halides is 3. The molecule has 6 rings (SSSR count). The third kappa shape index (κ3) is 9.72. The first-order valence-corrected chi connectivity index (χ1v) is 20.0. The smallest absolute Gasteiger partial charge is 0.406 e. The van der Waals surface area contributed by atoms with Crippen LogP contribution in [0.5, 0.6) is 0 Å². The normalized spacial score (nSPS) is 16.2. The molecule has 0 radical (unpaired) electrons. The maximum absolute atomic E-state index is 14.5. The van der Waals surface area contributed by atoms with Gasteiger partial charge in [0.05, 0.1) is 24.5 Å². The molecule has 2 aliphatic heterocycles. The summed E-state index contributed by atoms with van der Waals surface area (Å²) in [5.74, 6) is -0.413. The molecule has 2 aliphatic rings. The SMILES string of the molecule is CC(C)C(C(=O)NC(Cc1cccc(-c2ccc3c(c2)c(CC(C)(C)COC=O)c(-c2cnn4c2CCCC4)n3CC(F)(F)F)c1)C(=O)N1CCCCN1)N(C)C. The second-order valence-electron chi connectivity index (χ2n) is 16.9. The minimum Gasteiger partial charge on any atom is -0.467 e. The molecule has 14 heteroatoms. The lowest BCUT2D eigenvalue weighted by Crippen LogP contribution is -2.58. The number of hydrazine groups is 1. The zero-order chi connectivity index (χ0) is 41.1. The number of fused-ring (bicyclic) bond motifs is 2. The van der Waals surface area contributed by atoms with Crippen molar-refractivity contribution in [2.75, 3.05) is 33.8 Å². The summed E-state index contributed by atoms with van der Waals surface area (Å²) in [6.45, 7) is 9.06. The summed E-state index contributed by atoms with van der Waals surface area (Å²) in [6.07, 6.45) is 2.19. The lowest BCUT2D eigenvalue weighted by molar-refractivity contribution is -0.141. The number of aryl methyl sites for hydroxylation is 1. The number of ether oxygens (including phenoxy) is 1. The van der Waals surface area contributed by atoms with Gasteiger partial charge in [0, 0.05) is 53.6 Å². The van der Waals surface area contributed by atoms with Crippen molar-refractivity contribution in [3.8, 4) is 22.4 Å². The van der Waals surface area contributed by atoms with Crippen LogP contribution >= 0.6 is 0 Å². The molecule has 0 aliphatic carbocycles. The number of hydrogen-bond donors (Lipinski definition) is 2. The molecule has 2 atom stereocenters. The summed E-state index contributed by atoms with van der Waals surface area (Å²) in [5, 5.41) is 9.95. The van der Waals surface area contributed by atoms with Crippen molar-refractivity contribution in [2.45, 2.75) is 104 Å². The van der Waals surface area contributed by atoms with Crippen molar-refractivity contribution >= 4 is 29.2 Å². The van der Waals surface area contributed by atoms with E-state index in [2.05, 4.69) is 15.8 Å². The van der Waals surface area contributed by atoms with Gasteiger partial charge in [-0.15, -0.1) is 0 Å². The highest BCUT2D eigenvalue weighted by molar-refractivity contribution is 5.95. The molecule has 2 N–H and O–H groups in total. The van der Waals surface area contributed by atoms with Crippen LogP contribution in [0.15, 0.2) is 48.7 Å². The minimum atomic E-state index is -4.50. The highest BCUT2D eigenvalue weighted by atomic mass is 19.4. The summed E-state index contributed by atoms with van der Waals surface area (Å²) >= 11 is 0. The lowest BCUT2D eigenvalue weighted by atomic mass is 9.84. The van der Waals surface area contributed by atoms with Gasteiger partial charge in [-0.1, -0.05) is 58.0 Å². The van der Waals surface area contributed by atoms with Gasteiger partial charge >= 0.3 is 6.18 Å². The molecule has 4 aromatic rings. The molecular formula is C43H56F3N7O4. The Labute approximate surface area is 332 Å². The van der Waals surface area contributed by atoms with E-state index < -0.39 is 30.2 Å². The summed E-state index contributed by atoms with van der Waals surface area (Å²) in [6, 6.07) is 12.0. The first kappa shape index (κ1) is 41.9. The summed E-state index contributed by atoms with van der Waals surface area (Å²) < 4.78 is 51.8. The molecule has 4 heterocycles. The first-order valence-electron chi connectivity index (χ1n) is 20.0. The van der Waals surface area contributed by atoms with Crippen LogP contribution in [0.4, 0.5) is 13.2 Å². The molecule has 0 bridgehead atoms. The van der Waals surface area contributed by atoms with Crippen molar-refractivity contribution < 1.29 is 32.3 Å². The second-order valence-corrected chi connectivity index (χ2v) is 16.9. The number of carbonyl (C=O) groups is 3. The molecule has 2 amide bonds. The molecule has 308 valence electrons. The Hall–Kier alpha value is -4.69. The zero-order valence-corrected chi connectivity index (χ0v) is 33.9. The van der Waals surface area contributed by atoms with Crippen LogP contribution in [0.25, 0.3) is 33.3 Å². The number of amides is 2. The van der Waals surface area contributed by atoms with Gasteiger partial charge in [-0.05, 0) is 92.9 Å². The number of nitrogens with zero attached hydrogens (tertiary/aromatic N) is 5. The van der Waals surface area contributed by atoms with E-state index >= 15 is 0 Å². The fourth-order valence-electron chi connectivity index (χ4n) is 8.61. The van der Waals surface area contributed by atoms with E-state index in [4.69, 9.17) is 4.74 Å². The Kier molecular flexibility index (Phi) is 12.8. The maximum atomic E-state index is 14.5. The van der Waals surface area contributed by atoms with Gasteiger partial charge in [-0.3, -0.25) is 29.0 Å². The van der Waals surface area contributed by atoms with Gasteiger partial charge < -0.3 is 14.6 Å². The molecule has 1 fully saturated rings. The minimum absolute atomic E-state index is 0.0150. The van der Waals surface area contributed by atoms with Gasteiger partial charge in [-0.25, -0.2) is 5.43 Å². The van der Waals surface area contributed by atoms with Crippen LogP contribution in [0.1, 0.15) is 70.2 Å². The Morgan fingerprint density at radius 1 is 1.04 bits per heavy atom. The standard InChI is InChI=1S/C43H56F3N7O4/c1-28(2)38(50(5)6)40(55)49-35(41(56)53-19-10-8-17-47-53)21-29-12-11-13-30(20-29)31-15-16-36-32(22-31)33(23-42(3,4)26-57-27-54)39(51(36)25-43(44,45)46)34-24-48-52-18-9-7-14-37(34)52/h11-13,15-16,20,22,24,27-28,35,38,47H,7-10,14,17-19,21,23,25-26H2,1-6H3,(H,49,55). The van der Waals surface area contributed by atoms with Crippen molar-refractivity contribution in [1.29, 1.82) is 0 Å². The molecule has 57 heavy (non-hydrogen) atoms. The van der Waals surface area contributed by atoms with Gasteiger partial charge in [0.25, 0.3) is 12.4 Å². The summed E-state index contributed by atoms with van der Waals surface area (Å²) in [4.78, 5) is 40.7. The number of aromatic nitrogens is 3. The topological polar surface area (TPSA) is 114 Å². The molecule has 2 unspecified atom stereocenters. The van der Waals surface area contributed by atoms with Crippen LogP contribution in [0.2, 0.25) is 0 Å². The molecule has 2 aromatic heterocycles. The van der Waals surface area contributed by atoms with E-state index in [1.807, 2.05) is 87.8 Å². The third-order valence-electron chi connectivity index (χ3n) is 11.1. The molecule has 11 nitrogen and oxygen atoms in total. The maximum Gasteiger partial charge on any atom is 0.406 e. The van der Waals surface area contributed by atoms with Crippen LogP contribution < -0.4 is 10.7 Å². The van der Waals surface area contributed by atoms with Crippen LogP contribution in [0.3, 0.4) is 0 Å². The second kappa shape index (κ2) is 17.4. The third-order valence-corrected chi connectivity index (χ3v) is 11.1. The predicted molar refractivity (Wildman–Crippen MR) is 214 cm³/mol. The number of halogens is 3. The number of likely N-dealkylation sites (N-methyl/N-ethyl adjacent to an activating group) is 1. The van der Waals surface area contributed by atoms with E-state index in [1.54, 1.807) is 17.3 Å².